The number of nitrogens with zero attached hydrogens (tertiary/aromatic N) is 3. The number of carbonyl (C=O) groups excluding carboxylic acids is 1. The van der Waals surface area contributed by atoms with Gasteiger partial charge in [-0.25, -0.2) is 4.79 Å². The maximum absolute atomic E-state index is 12.9. The molecule has 2 amide bonds. The molecule has 0 unspecified atom stereocenters. The molecule has 1 aromatic carbocycles. The van der Waals surface area contributed by atoms with Gasteiger partial charge in [-0.05, 0) is 45.7 Å². The molecule has 1 aromatic heterocycles. The molecule has 0 bridgehead atoms. The summed E-state index contributed by atoms with van der Waals surface area (Å²) in [6, 6.07) is 6.72. The lowest BCUT2D eigenvalue weighted by atomic mass is 9.97. The lowest BCUT2D eigenvalue weighted by molar-refractivity contribution is 0.0417. The number of nitrogens with one attached hydrogen (secondary N) is 1. The van der Waals surface area contributed by atoms with Crippen LogP contribution in [0.3, 0.4) is 0 Å². The summed E-state index contributed by atoms with van der Waals surface area (Å²) >= 11 is 0. The molecule has 1 aliphatic heterocycles. The van der Waals surface area contributed by atoms with Crippen LogP contribution in [0.4, 0.5) is 4.79 Å². The van der Waals surface area contributed by atoms with Crippen LogP contribution in [0.2, 0.25) is 0 Å². The zero-order valence-corrected chi connectivity index (χ0v) is 20.1. The summed E-state index contributed by atoms with van der Waals surface area (Å²) in [5.74, 6) is 0.305. The third kappa shape index (κ3) is 5.30. The molecule has 33 heavy (non-hydrogen) atoms. The van der Waals surface area contributed by atoms with E-state index in [1.165, 1.54) is 13.1 Å². The van der Waals surface area contributed by atoms with Crippen molar-refractivity contribution in [3.63, 3.8) is 0 Å². The second kappa shape index (κ2) is 9.82. The highest BCUT2D eigenvalue weighted by atomic mass is 16.5. The minimum atomic E-state index is -0.885. The molecule has 0 saturated carbocycles. The van der Waals surface area contributed by atoms with Gasteiger partial charge >= 0.3 is 6.09 Å². The van der Waals surface area contributed by atoms with Gasteiger partial charge < -0.3 is 29.5 Å². The fourth-order valence-electron chi connectivity index (χ4n) is 4.67. The van der Waals surface area contributed by atoms with E-state index in [0.29, 0.717) is 35.3 Å². The second-order valence-corrected chi connectivity index (χ2v) is 9.41. The van der Waals surface area contributed by atoms with Crippen molar-refractivity contribution in [1.29, 1.82) is 0 Å². The highest BCUT2D eigenvalue weighted by Gasteiger charge is 2.35. The van der Waals surface area contributed by atoms with E-state index < -0.39 is 11.6 Å². The van der Waals surface area contributed by atoms with Gasteiger partial charge in [0.25, 0.3) is 11.5 Å². The highest BCUT2D eigenvalue weighted by Crippen LogP contribution is 2.26. The fraction of sp³-hybridized carbons (Fsp3) is 0.542. The van der Waals surface area contributed by atoms with E-state index in [1.54, 1.807) is 34.8 Å². The Kier molecular flexibility index (Phi) is 7.31. The van der Waals surface area contributed by atoms with Gasteiger partial charge in [-0.15, -0.1) is 0 Å². The zero-order valence-electron chi connectivity index (χ0n) is 20.1. The number of hydrogen-bond acceptors (Lipinski definition) is 5. The molecule has 180 valence electrons. The summed E-state index contributed by atoms with van der Waals surface area (Å²) in [5.41, 5.74) is 0.304. The Hall–Kier alpha value is -3.07. The quantitative estimate of drug-likeness (QED) is 0.690. The Labute approximate surface area is 193 Å². The molecule has 3 rings (SSSR count). The van der Waals surface area contributed by atoms with Gasteiger partial charge in [0, 0.05) is 62.3 Å². The van der Waals surface area contributed by atoms with Crippen LogP contribution in [-0.4, -0.2) is 76.8 Å². The van der Waals surface area contributed by atoms with Gasteiger partial charge in [-0.3, -0.25) is 9.59 Å². The average molecular weight is 459 g/mol. The van der Waals surface area contributed by atoms with Crippen molar-refractivity contribution >= 4 is 22.9 Å². The Balaban J connectivity index is 1.78. The van der Waals surface area contributed by atoms with E-state index in [1.807, 2.05) is 20.8 Å². The summed E-state index contributed by atoms with van der Waals surface area (Å²) < 4.78 is 7.02. The number of carbonyl (C=O) groups is 2. The topological polar surface area (TPSA) is 104 Å². The summed E-state index contributed by atoms with van der Waals surface area (Å²) in [6.45, 7) is 8.39. The minimum Gasteiger partial charge on any atom is -0.497 e. The van der Waals surface area contributed by atoms with E-state index in [4.69, 9.17) is 4.74 Å². The molecule has 0 atom stereocenters. The van der Waals surface area contributed by atoms with Crippen LogP contribution < -0.4 is 15.6 Å². The van der Waals surface area contributed by atoms with Crippen LogP contribution >= 0.6 is 0 Å². The van der Waals surface area contributed by atoms with Crippen molar-refractivity contribution in [2.75, 3.05) is 33.8 Å². The minimum absolute atomic E-state index is 0.0154. The Morgan fingerprint density at radius 2 is 1.85 bits per heavy atom. The largest absolute Gasteiger partial charge is 0.497 e. The van der Waals surface area contributed by atoms with Gasteiger partial charge in [-0.1, -0.05) is 0 Å². The number of aromatic nitrogens is 1. The second-order valence-electron chi connectivity index (χ2n) is 9.41. The number of likely N-dealkylation sites (tertiary alicyclic amines) is 1. The molecule has 1 saturated heterocycles. The SMILES string of the molecule is CNC(=O)c1cc(=O)n(CCN2CCC(N(C(=O)O)C(C)(C)C)CC2)c2cc(OC)ccc12. The molecule has 2 aromatic rings. The van der Waals surface area contributed by atoms with Gasteiger partial charge in [-0.2, -0.15) is 0 Å². The third-order valence-corrected chi connectivity index (χ3v) is 6.28. The fourth-order valence-corrected chi connectivity index (χ4v) is 4.67. The smallest absolute Gasteiger partial charge is 0.407 e. The van der Waals surface area contributed by atoms with Gasteiger partial charge in [0.15, 0.2) is 0 Å². The van der Waals surface area contributed by atoms with Crippen molar-refractivity contribution in [2.45, 2.75) is 51.7 Å². The van der Waals surface area contributed by atoms with E-state index in [0.717, 1.165) is 25.9 Å². The number of rotatable bonds is 6. The predicted octanol–water partition coefficient (Wildman–Crippen LogP) is 2.61. The molecule has 2 heterocycles. The maximum Gasteiger partial charge on any atom is 0.407 e. The van der Waals surface area contributed by atoms with Crippen molar-refractivity contribution < 1.29 is 19.4 Å². The summed E-state index contributed by atoms with van der Waals surface area (Å²) in [7, 11) is 3.10. The van der Waals surface area contributed by atoms with Crippen molar-refractivity contribution in [3.05, 3.63) is 40.2 Å². The van der Waals surface area contributed by atoms with Crippen LogP contribution in [0.5, 0.6) is 5.75 Å². The standard InChI is InChI=1S/C24H34N4O5/c1-24(2,3)28(23(31)32)16-8-10-26(11-9-16)12-13-27-20-14-17(33-5)6-7-18(20)19(15-21(27)29)22(30)25-4/h6-7,14-16H,8-13H2,1-5H3,(H,25,30)(H,31,32). The van der Waals surface area contributed by atoms with Crippen LogP contribution in [0, 0.1) is 0 Å². The molecular formula is C24H34N4O5. The van der Waals surface area contributed by atoms with Crippen molar-refractivity contribution in [2.24, 2.45) is 0 Å². The van der Waals surface area contributed by atoms with Gasteiger partial charge in [0.2, 0.25) is 0 Å². The number of benzene rings is 1. The summed E-state index contributed by atoms with van der Waals surface area (Å²) in [5, 5.41) is 12.9. The van der Waals surface area contributed by atoms with E-state index in [-0.39, 0.29) is 17.5 Å². The van der Waals surface area contributed by atoms with E-state index >= 15 is 0 Å². The number of amides is 2. The Morgan fingerprint density at radius 3 is 2.39 bits per heavy atom. The highest BCUT2D eigenvalue weighted by molar-refractivity contribution is 6.06. The number of ether oxygens (including phenoxy) is 1. The molecule has 9 heteroatoms. The van der Waals surface area contributed by atoms with Crippen LogP contribution in [0.15, 0.2) is 29.1 Å². The lowest BCUT2D eigenvalue weighted by Crippen LogP contribution is -2.54. The number of methoxy groups -OCH3 is 1. The summed E-state index contributed by atoms with van der Waals surface area (Å²) in [6.07, 6.45) is 0.620. The molecule has 0 aliphatic carbocycles. The molecule has 1 aliphatic rings. The average Bonchev–Trinajstić information content (AvgIpc) is 2.76. The summed E-state index contributed by atoms with van der Waals surface area (Å²) in [4.78, 5) is 40.8. The lowest BCUT2D eigenvalue weighted by Gasteiger charge is -2.43. The van der Waals surface area contributed by atoms with E-state index in [9.17, 15) is 19.5 Å². The monoisotopic (exact) mass is 458 g/mol. The van der Waals surface area contributed by atoms with E-state index in [2.05, 4.69) is 10.2 Å². The first-order valence-electron chi connectivity index (χ1n) is 11.2. The van der Waals surface area contributed by atoms with Crippen LogP contribution in [-0.2, 0) is 6.54 Å². The van der Waals surface area contributed by atoms with Crippen LogP contribution in [0.25, 0.3) is 10.9 Å². The Morgan fingerprint density at radius 1 is 1.18 bits per heavy atom. The molecule has 1 fully saturated rings. The van der Waals surface area contributed by atoms with Crippen molar-refractivity contribution in [1.82, 2.24) is 19.7 Å². The number of fused-ring (bicyclic) bond motifs is 1. The first kappa shape index (κ1) is 24.6. The van der Waals surface area contributed by atoms with Crippen molar-refractivity contribution in [3.8, 4) is 5.75 Å². The van der Waals surface area contributed by atoms with Crippen LogP contribution in [0.1, 0.15) is 44.0 Å². The number of pyridine rings is 1. The van der Waals surface area contributed by atoms with Gasteiger partial charge in [0.1, 0.15) is 5.75 Å². The first-order valence-corrected chi connectivity index (χ1v) is 11.2. The Bertz CT molecular complexity index is 1080. The number of carboxylic acid groups (broad SMARTS) is 1. The molecular weight excluding hydrogens is 424 g/mol. The number of piperidine rings is 1. The zero-order chi connectivity index (χ0) is 24.3. The molecule has 0 radical (unpaired) electrons. The molecule has 2 N–H and O–H groups in total. The van der Waals surface area contributed by atoms with Gasteiger partial charge in [0.05, 0.1) is 18.2 Å². The predicted molar refractivity (Wildman–Crippen MR) is 127 cm³/mol. The maximum atomic E-state index is 12.9. The molecule has 9 nitrogen and oxygen atoms in total. The normalized spacial score (nSPS) is 15.4. The first-order chi connectivity index (χ1) is 15.6. The number of hydrogen-bond donors (Lipinski definition) is 2. The third-order valence-electron chi connectivity index (χ3n) is 6.28. The molecule has 0 spiro atoms.